The van der Waals surface area contributed by atoms with Crippen LogP contribution in [0.4, 0.5) is 0 Å². The van der Waals surface area contributed by atoms with E-state index in [0.29, 0.717) is 48.7 Å². The van der Waals surface area contributed by atoms with Crippen LogP contribution in [0.5, 0.6) is 0 Å². The molecular formula is C34H50O8. The molecule has 5 aliphatic rings. The van der Waals surface area contributed by atoms with Crippen molar-refractivity contribution in [1.82, 2.24) is 0 Å². The van der Waals surface area contributed by atoms with E-state index in [2.05, 4.69) is 20.8 Å². The van der Waals surface area contributed by atoms with Crippen molar-refractivity contribution in [2.45, 2.75) is 128 Å². The minimum Gasteiger partial charge on any atom is -0.462 e. The second-order valence-corrected chi connectivity index (χ2v) is 13.9. The first-order valence-electron chi connectivity index (χ1n) is 15.8. The standard InChI is InChI=1S/C34H50O8/c1-19(2)14-28-20(3)12-13-33(42-28)17-26-16-25(41-33)11-10-22(5)29(35)21(4)8-7-9-24-18-39-31-30(36)23(6)15-27(32(37)40-26)34(24,31)38/h7-10,15,19-21,25-31,35-36,38H,11-14,16-18H2,1-6H3/b8-7+,22-10+,24-9+/t20-,21-,25+,26-,27-,28+,29+,30+,31+,33+,34+/m0/s1. The summed E-state index contributed by atoms with van der Waals surface area (Å²) in [6.45, 7) is 12.3. The van der Waals surface area contributed by atoms with E-state index in [9.17, 15) is 20.1 Å². The van der Waals surface area contributed by atoms with E-state index in [0.717, 1.165) is 18.4 Å². The van der Waals surface area contributed by atoms with Gasteiger partial charge in [0.05, 0.1) is 24.9 Å². The highest BCUT2D eigenvalue weighted by Crippen LogP contribution is 2.47. The Kier molecular flexibility index (Phi) is 9.25. The molecule has 0 unspecified atom stereocenters. The summed E-state index contributed by atoms with van der Waals surface area (Å²) in [6, 6.07) is 0. The van der Waals surface area contributed by atoms with Crippen LogP contribution in [-0.2, 0) is 23.7 Å². The van der Waals surface area contributed by atoms with Crippen molar-refractivity contribution in [2.24, 2.45) is 23.7 Å². The Morgan fingerprint density at radius 1 is 1.07 bits per heavy atom. The molecule has 4 aliphatic heterocycles. The number of ether oxygens (including phenoxy) is 4. The van der Waals surface area contributed by atoms with Crippen molar-refractivity contribution in [3.63, 3.8) is 0 Å². The molecule has 3 N–H and O–H groups in total. The molecule has 0 aromatic heterocycles. The highest BCUT2D eigenvalue weighted by Gasteiger charge is 2.60. The molecule has 0 aromatic rings. The second kappa shape index (κ2) is 12.3. The number of carbonyl (C=O) groups is 1. The molecule has 0 amide bonds. The summed E-state index contributed by atoms with van der Waals surface area (Å²) >= 11 is 0. The zero-order chi connectivity index (χ0) is 30.4. The van der Waals surface area contributed by atoms with E-state index in [1.165, 1.54) is 0 Å². The van der Waals surface area contributed by atoms with Gasteiger partial charge >= 0.3 is 5.97 Å². The molecule has 1 spiro atoms. The molecule has 1 aliphatic carbocycles. The zero-order valence-electron chi connectivity index (χ0n) is 26.0. The minimum absolute atomic E-state index is 0.0497. The van der Waals surface area contributed by atoms with Crippen molar-refractivity contribution in [2.75, 3.05) is 6.61 Å². The van der Waals surface area contributed by atoms with Crippen molar-refractivity contribution in [3.8, 4) is 0 Å². The van der Waals surface area contributed by atoms with Crippen LogP contribution < -0.4 is 0 Å². The van der Waals surface area contributed by atoms with Crippen molar-refractivity contribution >= 4 is 5.97 Å². The molecule has 3 saturated heterocycles. The van der Waals surface area contributed by atoms with E-state index in [1.54, 1.807) is 25.2 Å². The van der Waals surface area contributed by atoms with Gasteiger partial charge in [0.2, 0.25) is 0 Å². The van der Waals surface area contributed by atoms with Gasteiger partial charge in [-0.15, -0.1) is 0 Å². The lowest BCUT2D eigenvalue weighted by Gasteiger charge is -2.50. The molecule has 11 atom stereocenters. The fourth-order valence-electron chi connectivity index (χ4n) is 7.44. The van der Waals surface area contributed by atoms with Crippen LogP contribution >= 0.6 is 0 Å². The van der Waals surface area contributed by atoms with E-state index < -0.39 is 47.7 Å². The number of carbonyl (C=O) groups excluding carboxylic acids is 1. The molecule has 2 bridgehead atoms. The first kappa shape index (κ1) is 31.6. The Balaban J connectivity index is 1.52. The monoisotopic (exact) mass is 586 g/mol. The normalized spacial score (nSPS) is 48.0. The highest BCUT2D eigenvalue weighted by molar-refractivity contribution is 5.78. The average molecular weight is 587 g/mol. The van der Waals surface area contributed by atoms with E-state index in [-0.39, 0.29) is 24.7 Å². The third-order valence-electron chi connectivity index (χ3n) is 10.1. The maximum Gasteiger partial charge on any atom is 0.316 e. The first-order chi connectivity index (χ1) is 19.8. The molecule has 3 fully saturated rings. The summed E-state index contributed by atoms with van der Waals surface area (Å²) in [5.74, 6) is -1.75. The number of rotatable bonds is 2. The van der Waals surface area contributed by atoms with Gasteiger partial charge in [-0.05, 0) is 61.7 Å². The summed E-state index contributed by atoms with van der Waals surface area (Å²) in [6.07, 6.45) is 9.68. The molecule has 4 heterocycles. The Morgan fingerprint density at radius 3 is 2.57 bits per heavy atom. The molecule has 0 radical (unpaired) electrons. The quantitative estimate of drug-likeness (QED) is 0.320. The predicted octanol–water partition coefficient (Wildman–Crippen LogP) is 4.53. The SMILES string of the molecule is CC1=C[C@H]2C(=O)O[C@H]3C[C@@H](C/C=C(\C)[C@H](O)[C@@H](C)/C=C/C=C4\CO[C@H]([C@@H]1O)[C@@]42O)O[C@@]1(CC[C@H](C)[C@@H](CC(C)C)O1)C3. The fraction of sp³-hybridized carbons (Fsp3) is 0.735. The van der Waals surface area contributed by atoms with E-state index in [4.69, 9.17) is 18.9 Å². The predicted molar refractivity (Wildman–Crippen MR) is 158 cm³/mol. The fourth-order valence-corrected chi connectivity index (χ4v) is 7.44. The van der Waals surface area contributed by atoms with Crippen LogP contribution in [-0.4, -0.2) is 75.9 Å². The minimum atomic E-state index is -1.75. The number of fused-ring (bicyclic) bond motifs is 2. The van der Waals surface area contributed by atoms with Gasteiger partial charge in [-0.2, -0.15) is 0 Å². The van der Waals surface area contributed by atoms with Crippen molar-refractivity contribution < 1.29 is 39.1 Å². The Bertz CT molecular complexity index is 1140. The van der Waals surface area contributed by atoms with Gasteiger partial charge in [-0.3, -0.25) is 4.79 Å². The molecule has 42 heavy (non-hydrogen) atoms. The van der Waals surface area contributed by atoms with Crippen LogP contribution in [0, 0.1) is 23.7 Å². The lowest BCUT2D eigenvalue weighted by molar-refractivity contribution is -0.336. The highest BCUT2D eigenvalue weighted by atomic mass is 16.7. The van der Waals surface area contributed by atoms with Gasteiger partial charge in [0.15, 0.2) is 5.79 Å². The molecular weight excluding hydrogens is 536 g/mol. The second-order valence-electron chi connectivity index (χ2n) is 13.9. The van der Waals surface area contributed by atoms with Gasteiger partial charge in [-0.1, -0.05) is 58.1 Å². The number of aliphatic hydroxyl groups excluding tert-OH is 2. The van der Waals surface area contributed by atoms with Crippen LogP contribution in [0.15, 0.2) is 47.1 Å². The van der Waals surface area contributed by atoms with Crippen LogP contribution in [0.25, 0.3) is 0 Å². The maximum absolute atomic E-state index is 14.0. The van der Waals surface area contributed by atoms with Gasteiger partial charge in [0.1, 0.15) is 29.8 Å². The van der Waals surface area contributed by atoms with E-state index >= 15 is 0 Å². The molecule has 8 nitrogen and oxygen atoms in total. The lowest BCUT2D eigenvalue weighted by Crippen LogP contribution is -2.58. The van der Waals surface area contributed by atoms with Gasteiger partial charge in [0.25, 0.3) is 0 Å². The topological polar surface area (TPSA) is 115 Å². The van der Waals surface area contributed by atoms with Crippen molar-refractivity contribution in [3.05, 3.63) is 47.1 Å². The first-order valence-corrected chi connectivity index (χ1v) is 15.8. The van der Waals surface area contributed by atoms with Crippen LogP contribution in [0.1, 0.15) is 80.1 Å². The molecule has 5 rings (SSSR count). The third-order valence-corrected chi connectivity index (χ3v) is 10.1. The Morgan fingerprint density at radius 2 is 1.83 bits per heavy atom. The summed E-state index contributed by atoms with van der Waals surface area (Å²) in [5, 5.41) is 34.0. The van der Waals surface area contributed by atoms with Gasteiger partial charge in [0, 0.05) is 25.2 Å². The molecule has 0 aromatic carbocycles. The zero-order valence-corrected chi connectivity index (χ0v) is 26.0. The number of hydrogen-bond acceptors (Lipinski definition) is 8. The van der Waals surface area contributed by atoms with E-state index in [1.807, 2.05) is 26.0 Å². The largest absolute Gasteiger partial charge is 0.462 e. The lowest BCUT2D eigenvalue weighted by atomic mass is 9.71. The number of allylic oxidation sites excluding steroid dienone is 2. The Hall–Kier alpha value is -1.81. The number of esters is 1. The maximum atomic E-state index is 14.0. The third kappa shape index (κ3) is 6.08. The van der Waals surface area contributed by atoms with Crippen molar-refractivity contribution in [1.29, 1.82) is 0 Å². The van der Waals surface area contributed by atoms with Crippen LogP contribution in [0.3, 0.4) is 0 Å². The summed E-state index contributed by atoms with van der Waals surface area (Å²) in [5.41, 5.74) is 0.157. The average Bonchev–Trinajstić information content (AvgIpc) is 3.27. The van der Waals surface area contributed by atoms with Crippen LogP contribution in [0.2, 0.25) is 0 Å². The molecule has 0 saturated carbocycles. The van der Waals surface area contributed by atoms with Gasteiger partial charge in [-0.25, -0.2) is 0 Å². The summed E-state index contributed by atoms with van der Waals surface area (Å²) < 4.78 is 25.6. The smallest absolute Gasteiger partial charge is 0.316 e. The van der Waals surface area contributed by atoms with Gasteiger partial charge < -0.3 is 34.3 Å². The molecule has 8 heteroatoms. The summed E-state index contributed by atoms with van der Waals surface area (Å²) in [7, 11) is 0. The number of hydrogen-bond donors (Lipinski definition) is 3. The summed E-state index contributed by atoms with van der Waals surface area (Å²) in [4.78, 5) is 14.0. The number of aliphatic hydroxyl groups is 3. The Labute approximate surface area is 250 Å². The molecule has 234 valence electrons.